The van der Waals surface area contributed by atoms with Gasteiger partial charge in [-0.1, -0.05) is 25.5 Å². The van der Waals surface area contributed by atoms with Gasteiger partial charge in [0.05, 0.1) is 5.39 Å². The van der Waals surface area contributed by atoms with Gasteiger partial charge in [0.2, 0.25) is 5.91 Å². The van der Waals surface area contributed by atoms with E-state index in [-0.39, 0.29) is 28.9 Å². The molecule has 0 radical (unpaired) electrons. The van der Waals surface area contributed by atoms with Crippen LogP contribution in [0.1, 0.15) is 43.2 Å². The first-order valence-corrected chi connectivity index (χ1v) is 9.58. The molecule has 0 spiro atoms. The van der Waals surface area contributed by atoms with Gasteiger partial charge in [-0.15, -0.1) is 0 Å². The van der Waals surface area contributed by atoms with Gasteiger partial charge in [0.25, 0.3) is 5.91 Å². The third-order valence-corrected chi connectivity index (χ3v) is 5.20. The predicted octanol–water partition coefficient (Wildman–Crippen LogP) is 2.90. The van der Waals surface area contributed by atoms with Crippen molar-refractivity contribution < 1.29 is 14.0 Å². The molecule has 1 saturated heterocycles. The van der Waals surface area contributed by atoms with Crippen molar-refractivity contribution in [3.05, 3.63) is 46.3 Å². The molecule has 1 aliphatic heterocycles. The summed E-state index contributed by atoms with van der Waals surface area (Å²) >= 11 is 0. The zero-order valence-corrected chi connectivity index (χ0v) is 15.9. The van der Waals surface area contributed by atoms with Gasteiger partial charge in [0.1, 0.15) is 5.58 Å². The highest BCUT2D eigenvalue weighted by Gasteiger charge is 2.30. The fourth-order valence-corrected chi connectivity index (χ4v) is 3.51. The molecule has 27 heavy (non-hydrogen) atoms. The molecule has 0 atom stereocenters. The number of nitrogens with zero attached hydrogens (tertiary/aromatic N) is 2. The van der Waals surface area contributed by atoms with Crippen LogP contribution in [-0.4, -0.2) is 48.3 Å². The molecule has 144 valence electrons. The Morgan fingerprint density at radius 2 is 1.93 bits per heavy atom. The number of amides is 2. The summed E-state index contributed by atoms with van der Waals surface area (Å²) in [5.74, 6) is -0.112. The first-order chi connectivity index (χ1) is 13.0. The topological polar surface area (TPSA) is 70.8 Å². The van der Waals surface area contributed by atoms with Crippen LogP contribution in [-0.2, 0) is 4.79 Å². The summed E-state index contributed by atoms with van der Waals surface area (Å²) in [5.41, 5.74) is 0.193. The fourth-order valence-electron chi connectivity index (χ4n) is 3.51. The van der Waals surface area contributed by atoms with Crippen LogP contribution >= 0.6 is 0 Å². The summed E-state index contributed by atoms with van der Waals surface area (Å²) < 4.78 is 5.65. The van der Waals surface area contributed by atoms with Crippen molar-refractivity contribution in [3.8, 4) is 0 Å². The predicted molar refractivity (Wildman–Crippen MR) is 104 cm³/mol. The molecule has 3 rings (SSSR count). The van der Waals surface area contributed by atoms with Crippen molar-refractivity contribution in [3.63, 3.8) is 0 Å². The van der Waals surface area contributed by atoms with Crippen LogP contribution in [0, 0.1) is 5.92 Å². The zero-order chi connectivity index (χ0) is 19.4. The van der Waals surface area contributed by atoms with Crippen LogP contribution in [0.2, 0.25) is 0 Å². The van der Waals surface area contributed by atoms with Crippen LogP contribution in [0.5, 0.6) is 0 Å². The molecule has 0 aliphatic carbocycles. The molecular weight excluding hydrogens is 344 g/mol. The Balaban J connectivity index is 1.65. The van der Waals surface area contributed by atoms with Crippen molar-refractivity contribution in [2.45, 2.75) is 32.6 Å². The molecule has 1 aliphatic rings. The van der Waals surface area contributed by atoms with E-state index in [9.17, 15) is 14.4 Å². The largest absolute Gasteiger partial charge is 0.451 e. The quantitative estimate of drug-likeness (QED) is 0.811. The van der Waals surface area contributed by atoms with Gasteiger partial charge in [0, 0.05) is 38.7 Å². The monoisotopic (exact) mass is 370 g/mol. The number of hydrogen-bond donors (Lipinski definition) is 0. The van der Waals surface area contributed by atoms with Crippen molar-refractivity contribution in [2.75, 3.05) is 26.7 Å². The molecular formula is C21H26N2O4. The first kappa shape index (κ1) is 19.1. The Hall–Kier alpha value is -2.63. The zero-order valence-electron chi connectivity index (χ0n) is 15.9. The van der Waals surface area contributed by atoms with E-state index in [1.165, 1.54) is 6.07 Å². The van der Waals surface area contributed by atoms with E-state index in [1.807, 2.05) is 7.05 Å². The highest BCUT2D eigenvalue weighted by Crippen LogP contribution is 2.22. The molecule has 1 aromatic heterocycles. The smallest absolute Gasteiger partial charge is 0.289 e. The second-order valence-electron chi connectivity index (χ2n) is 7.15. The highest BCUT2D eigenvalue weighted by molar-refractivity contribution is 5.93. The van der Waals surface area contributed by atoms with Crippen molar-refractivity contribution in [2.24, 2.45) is 5.92 Å². The van der Waals surface area contributed by atoms with E-state index >= 15 is 0 Å². The number of hydrogen-bond acceptors (Lipinski definition) is 4. The minimum atomic E-state index is -0.289. The van der Waals surface area contributed by atoms with Gasteiger partial charge in [-0.05, 0) is 31.4 Å². The van der Waals surface area contributed by atoms with Gasteiger partial charge in [-0.25, -0.2) is 0 Å². The van der Waals surface area contributed by atoms with Gasteiger partial charge < -0.3 is 14.2 Å². The van der Waals surface area contributed by atoms with E-state index in [0.29, 0.717) is 36.9 Å². The first-order valence-electron chi connectivity index (χ1n) is 9.58. The van der Waals surface area contributed by atoms with Crippen LogP contribution < -0.4 is 5.43 Å². The molecule has 6 nitrogen and oxygen atoms in total. The summed E-state index contributed by atoms with van der Waals surface area (Å²) in [4.78, 5) is 40.9. The number of piperidine rings is 1. The van der Waals surface area contributed by atoms with Crippen molar-refractivity contribution >= 4 is 22.8 Å². The molecule has 0 unspecified atom stereocenters. The highest BCUT2D eigenvalue weighted by atomic mass is 16.3. The van der Waals surface area contributed by atoms with E-state index < -0.39 is 0 Å². The number of carbonyl (C=O) groups excluding carboxylic acids is 2. The van der Waals surface area contributed by atoms with Crippen LogP contribution in [0.15, 0.2) is 39.5 Å². The molecule has 1 aromatic carbocycles. The summed E-state index contributed by atoms with van der Waals surface area (Å²) in [5, 5.41) is 0.466. The lowest BCUT2D eigenvalue weighted by atomic mass is 9.95. The Bertz CT molecular complexity index is 881. The van der Waals surface area contributed by atoms with E-state index in [0.717, 1.165) is 19.4 Å². The number of likely N-dealkylation sites (tertiary alicyclic amines) is 1. The number of para-hydroxylation sites is 1. The molecule has 0 saturated carbocycles. The maximum atomic E-state index is 12.7. The number of carbonyl (C=O) groups is 2. The van der Waals surface area contributed by atoms with E-state index in [1.54, 1.807) is 34.1 Å². The lowest BCUT2D eigenvalue weighted by Crippen LogP contribution is -2.43. The average molecular weight is 370 g/mol. The van der Waals surface area contributed by atoms with Gasteiger partial charge in [0.15, 0.2) is 11.2 Å². The van der Waals surface area contributed by atoms with Crippen molar-refractivity contribution in [1.82, 2.24) is 9.80 Å². The Morgan fingerprint density at radius 3 is 2.63 bits per heavy atom. The average Bonchev–Trinajstić information content (AvgIpc) is 2.71. The molecule has 0 bridgehead atoms. The number of unbranched alkanes of at least 4 members (excludes halogenated alkanes) is 1. The summed E-state index contributed by atoms with van der Waals surface area (Å²) in [6.45, 7) is 3.87. The van der Waals surface area contributed by atoms with Gasteiger partial charge in [-0.3, -0.25) is 14.4 Å². The number of benzene rings is 1. The lowest BCUT2D eigenvalue weighted by Gasteiger charge is -2.33. The minimum Gasteiger partial charge on any atom is -0.451 e. The molecule has 2 aromatic rings. The maximum Gasteiger partial charge on any atom is 0.289 e. The lowest BCUT2D eigenvalue weighted by molar-refractivity contribution is -0.135. The number of fused-ring (bicyclic) bond motifs is 1. The Morgan fingerprint density at radius 1 is 1.22 bits per heavy atom. The second kappa shape index (κ2) is 8.37. The fraction of sp³-hybridized carbons (Fsp3) is 0.476. The standard InChI is InChI=1S/C21H26N2O4/c1-3-4-11-22(2)20(25)15-9-12-23(13-10-15)21(26)19-14-17(24)16-7-5-6-8-18(16)27-19/h5-8,14-15H,3-4,9-13H2,1-2H3. The Labute approximate surface area is 158 Å². The molecule has 6 heteroatoms. The van der Waals surface area contributed by atoms with Crippen LogP contribution in [0.3, 0.4) is 0 Å². The van der Waals surface area contributed by atoms with Crippen molar-refractivity contribution in [1.29, 1.82) is 0 Å². The van der Waals surface area contributed by atoms with Gasteiger partial charge >= 0.3 is 0 Å². The summed E-state index contributed by atoms with van der Waals surface area (Å²) in [7, 11) is 1.85. The second-order valence-corrected chi connectivity index (χ2v) is 7.15. The van der Waals surface area contributed by atoms with Gasteiger partial charge in [-0.2, -0.15) is 0 Å². The van der Waals surface area contributed by atoms with Crippen LogP contribution in [0.25, 0.3) is 11.0 Å². The van der Waals surface area contributed by atoms with Crippen LogP contribution in [0.4, 0.5) is 0 Å². The maximum absolute atomic E-state index is 12.7. The Kier molecular flexibility index (Phi) is 5.94. The SMILES string of the molecule is CCCCN(C)C(=O)C1CCN(C(=O)c2cc(=O)c3ccccc3o2)CC1. The van der Waals surface area contributed by atoms with E-state index in [4.69, 9.17) is 4.42 Å². The number of rotatable bonds is 5. The molecule has 2 heterocycles. The third kappa shape index (κ3) is 4.21. The summed E-state index contributed by atoms with van der Waals surface area (Å²) in [6, 6.07) is 8.16. The normalized spacial score (nSPS) is 15.1. The molecule has 2 amide bonds. The minimum absolute atomic E-state index is 0.0421. The van der Waals surface area contributed by atoms with E-state index in [2.05, 4.69) is 6.92 Å². The molecule has 0 N–H and O–H groups in total. The summed E-state index contributed by atoms with van der Waals surface area (Å²) in [6.07, 6.45) is 3.33. The molecule has 1 fully saturated rings. The third-order valence-electron chi connectivity index (χ3n) is 5.20.